The van der Waals surface area contributed by atoms with E-state index in [4.69, 9.17) is 0 Å². The standard InChI is InChI=1S/C12H8N4/c1-2-6-10(5-1)16-9-12(14-15-16)11-7-3-4-8-13-11/h1-5,7-9H. The summed E-state index contributed by atoms with van der Waals surface area (Å²) >= 11 is 0. The second kappa shape index (κ2) is 3.61. The molecule has 3 rings (SSSR count). The minimum atomic E-state index is 0.759. The molecule has 0 spiro atoms. The molecule has 2 aromatic rings. The van der Waals surface area contributed by atoms with Crippen molar-refractivity contribution in [2.24, 2.45) is 0 Å². The van der Waals surface area contributed by atoms with Crippen LogP contribution in [0.1, 0.15) is 0 Å². The number of pyridine rings is 1. The highest BCUT2D eigenvalue weighted by Gasteiger charge is 2.06. The minimum absolute atomic E-state index is 0.759. The van der Waals surface area contributed by atoms with Crippen molar-refractivity contribution in [2.75, 3.05) is 0 Å². The molecule has 0 saturated carbocycles. The third-order valence-corrected chi connectivity index (χ3v) is 2.25. The number of nitrogens with zero attached hydrogens (tertiary/aromatic N) is 4. The van der Waals surface area contributed by atoms with E-state index in [1.165, 1.54) is 0 Å². The van der Waals surface area contributed by atoms with Crippen LogP contribution in [0, 0.1) is 0 Å². The van der Waals surface area contributed by atoms with Crippen LogP contribution < -0.4 is 0 Å². The van der Waals surface area contributed by atoms with Crippen LogP contribution in [-0.4, -0.2) is 20.0 Å². The third kappa shape index (κ3) is 1.47. The van der Waals surface area contributed by atoms with Crippen molar-refractivity contribution >= 4 is 5.70 Å². The van der Waals surface area contributed by atoms with E-state index in [1.807, 2.05) is 42.6 Å². The normalized spacial score (nSPS) is 13.1. The molecular weight excluding hydrogens is 200 g/mol. The fraction of sp³-hybridized carbons (Fsp3) is 0. The van der Waals surface area contributed by atoms with Crippen molar-refractivity contribution < 1.29 is 0 Å². The predicted octanol–water partition coefficient (Wildman–Crippen LogP) is 1.91. The first kappa shape index (κ1) is 8.83. The fourth-order valence-corrected chi connectivity index (χ4v) is 1.48. The first-order valence-electron chi connectivity index (χ1n) is 4.91. The van der Waals surface area contributed by atoms with Gasteiger partial charge in [0.05, 0.1) is 11.9 Å². The van der Waals surface area contributed by atoms with Crippen molar-refractivity contribution in [3.05, 3.63) is 54.6 Å². The zero-order chi connectivity index (χ0) is 10.8. The van der Waals surface area contributed by atoms with Crippen molar-refractivity contribution in [1.82, 2.24) is 20.0 Å². The van der Waals surface area contributed by atoms with Gasteiger partial charge in [-0.1, -0.05) is 23.1 Å². The van der Waals surface area contributed by atoms with Gasteiger partial charge in [0.25, 0.3) is 0 Å². The predicted molar refractivity (Wildman–Crippen MR) is 60.2 cm³/mol. The SMILES string of the molecule is C1=CC=CC=1n1cc(-c2ccccn2)nn1. The van der Waals surface area contributed by atoms with E-state index in [0.717, 1.165) is 17.1 Å². The number of allylic oxidation sites excluding steroid dienone is 3. The van der Waals surface area contributed by atoms with Gasteiger partial charge < -0.3 is 0 Å². The van der Waals surface area contributed by atoms with Crippen LogP contribution in [0.4, 0.5) is 0 Å². The Balaban J connectivity index is 2.00. The molecule has 1 aliphatic carbocycles. The molecule has 0 bridgehead atoms. The zero-order valence-corrected chi connectivity index (χ0v) is 8.41. The molecule has 0 N–H and O–H groups in total. The van der Waals surface area contributed by atoms with E-state index in [-0.39, 0.29) is 0 Å². The minimum Gasteiger partial charge on any atom is -0.254 e. The van der Waals surface area contributed by atoms with Crippen LogP contribution in [0.3, 0.4) is 0 Å². The lowest BCUT2D eigenvalue weighted by Crippen LogP contribution is -1.92. The quantitative estimate of drug-likeness (QED) is 0.708. The molecule has 0 amide bonds. The lowest BCUT2D eigenvalue weighted by atomic mass is 10.3. The van der Waals surface area contributed by atoms with Crippen molar-refractivity contribution in [3.63, 3.8) is 0 Å². The maximum absolute atomic E-state index is 4.22. The van der Waals surface area contributed by atoms with Gasteiger partial charge >= 0.3 is 0 Å². The number of aromatic nitrogens is 4. The van der Waals surface area contributed by atoms with Gasteiger partial charge in [-0.15, -0.1) is 5.10 Å². The number of hydrogen-bond donors (Lipinski definition) is 0. The Kier molecular flexibility index (Phi) is 1.99. The Morgan fingerprint density at radius 3 is 2.94 bits per heavy atom. The van der Waals surface area contributed by atoms with Crippen molar-refractivity contribution in [1.29, 1.82) is 0 Å². The van der Waals surface area contributed by atoms with Gasteiger partial charge in [0.2, 0.25) is 0 Å². The smallest absolute Gasteiger partial charge is 0.131 e. The maximum atomic E-state index is 4.22. The molecule has 0 unspecified atom stereocenters. The van der Waals surface area contributed by atoms with Gasteiger partial charge in [-0.2, -0.15) is 0 Å². The Hall–Kier alpha value is -2.45. The van der Waals surface area contributed by atoms with Crippen LogP contribution in [0.5, 0.6) is 0 Å². The van der Waals surface area contributed by atoms with Crippen molar-refractivity contribution in [3.8, 4) is 11.4 Å². The van der Waals surface area contributed by atoms with Crippen LogP contribution in [0.2, 0.25) is 0 Å². The molecule has 0 saturated heterocycles. The molecule has 4 nitrogen and oxygen atoms in total. The summed E-state index contributed by atoms with van der Waals surface area (Å²) in [5, 5.41) is 8.10. The average molecular weight is 208 g/mol. The van der Waals surface area contributed by atoms with Crippen LogP contribution in [-0.2, 0) is 0 Å². The van der Waals surface area contributed by atoms with Gasteiger partial charge in [-0.25, -0.2) is 4.68 Å². The first-order valence-corrected chi connectivity index (χ1v) is 4.91. The molecule has 0 atom stereocenters. The summed E-state index contributed by atoms with van der Waals surface area (Å²) < 4.78 is 1.68. The monoisotopic (exact) mass is 208 g/mol. The lowest BCUT2D eigenvalue weighted by Gasteiger charge is -1.93. The zero-order valence-electron chi connectivity index (χ0n) is 8.41. The van der Waals surface area contributed by atoms with Gasteiger partial charge in [-0.05, 0) is 24.3 Å². The van der Waals surface area contributed by atoms with E-state index in [9.17, 15) is 0 Å². The Morgan fingerprint density at radius 2 is 2.19 bits per heavy atom. The van der Waals surface area contributed by atoms with Gasteiger partial charge in [0, 0.05) is 6.20 Å². The molecule has 4 heteroatoms. The topological polar surface area (TPSA) is 43.6 Å². The molecule has 0 aromatic carbocycles. The highest BCUT2D eigenvalue weighted by Crippen LogP contribution is 2.15. The summed E-state index contributed by atoms with van der Waals surface area (Å²) in [4.78, 5) is 4.22. The largest absolute Gasteiger partial charge is 0.254 e. The maximum Gasteiger partial charge on any atom is 0.131 e. The van der Waals surface area contributed by atoms with Crippen molar-refractivity contribution in [2.45, 2.75) is 0 Å². The highest BCUT2D eigenvalue weighted by atomic mass is 15.4. The number of hydrogen-bond acceptors (Lipinski definition) is 3. The second-order valence-electron chi connectivity index (χ2n) is 3.32. The number of rotatable bonds is 2. The summed E-state index contributed by atoms with van der Waals surface area (Å²) in [6, 6.07) is 5.71. The lowest BCUT2D eigenvalue weighted by molar-refractivity contribution is 0.826. The van der Waals surface area contributed by atoms with Gasteiger partial charge in [-0.3, -0.25) is 4.98 Å². The summed E-state index contributed by atoms with van der Waals surface area (Å²) in [5.74, 6) is 0. The highest BCUT2D eigenvalue weighted by molar-refractivity contribution is 5.62. The Bertz CT molecular complexity index is 601. The first-order chi connectivity index (χ1) is 7.93. The van der Waals surface area contributed by atoms with E-state index >= 15 is 0 Å². The fourth-order valence-electron chi connectivity index (χ4n) is 1.48. The molecule has 0 aliphatic heterocycles. The second-order valence-corrected chi connectivity index (χ2v) is 3.32. The van der Waals surface area contributed by atoms with Gasteiger partial charge in [0.15, 0.2) is 0 Å². The molecule has 2 aromatic heterocycles. The van der Waals surface area contributed by atoms with Gasteiger partial charge in [0.1, 0.15) is 11.4 Å². The third-order valence-electron chi connectivity index (χ3n) is 2.25. The molecule has 2 heterocycles. The van der Waals surface area contributed by atoms with E-state index in [0.29, 0.717) is 0 Å². The van der Waals surface area contributed by atoms with E-state index < -0.39 is 0 Å². The molecule has 1 aliphatic rings. The molecule has 0 fully saturated rings. The van der Waals surface area contributed by atoms with E-state index in [1.54, 1.807) is 10.9 Å². The van der Waals surface area contributed by atoms with E-state index in [2.05, 4.69) is 21.0 Å². The molecular formula is C12H8N4. The summed E-state index contributed by atoms with van der Waals surface area (Å²) in [5.41, 5.74) is 5.52. The summed E-state index contributed by atoms with van der Waals surface area (Å²) in [7, 11) is 0. The van der Waals surface area contributed by atoms with Crippen LogP contribution >= 0.6 is 0 Å². The Morgan fingerprint density at radius 1 is 1.19 bits per heavy atom. The molecule has 76 valence electrons. The Labute approximate surface area is 92.3 Å². The van der Waals surface area contributed by atoms with Crippen LogP contribution in [0.15, 0.2) is 54.6 Å². The summed E-state index contributed by atoms with van der Waals surface area (Å²) in [6.45, 7) is 0. The molecule has 16 heavy (non-hydrogen) atoms. The van der Waals surface area contributed by atoms with Crippen LogP contribution in [0.25, 0.3) is 17.1 Å². The summed E-state index contributed by atoms with van der Waals surface area (Å²) in [6.07, 6.45) is 9.27. The average Bonchev–Trinajstić information content (AvgIpc) is 3.01. The molecule has 0 radical (unpaired) electrons.